The number of aryl methyl sites for hydroxylation is 2. The molecule has 11 heteroatoms. The van der Waals surface area contributed by atoms with Crippen LogP contribution in [0.2, 0.25) is 0 Å². The van der Waals surface area contributed by atoms with Crippen molar-refractivity contribution in [2.24, 2.45) is 11.3 Å². The number of sulfonamides is 1. The molecule has 230 valence electrons. The maximum Gasteiger partial charge on any atom is 0.264 e. The van der Waals surface area contributed by atoms with Crippen LogP contribution in [-0.2, 0) is 10.0 Å². The molecule has 43 heavy (non-hydrogen) atoms. The van der Waals surface area contributed by atoms with Gasteiger partial charge in [-0.15, -0.1) is 12.4 Å². The van der Waals surface area contributed by atoms with E-state index in [1.807, 2.05) is 32.0 Å². The molecule has 2 aromatic carbocycles. The van der Waals surface area contributed by atoms with Gasteiger partial charge in [0, 0.05) is 42.9 Å². The van der Waals surface area contributed by atoms with Gasteiger partial charge in [-0.3, -0.25) is 9.69 Å². The first-order valence-corrected chi connectivity index (χ1v) is 16.1. The maximum atomic E-state index is 13.7. The van der Waals surface area contributed by atoms with Crippen LogP contribution in [0.3, 0.4) is 0 Å². The van der Waals surface area contributed by atoms with Gasteiger partial charge in [-0.1, -0.05) is 45.0 Å². The molecule has 1 atom stereocenters. The number of anilines is 1. The topological polar surface area (TPSA) is 105 Å². The second-order valence-corrected chi connectivity index (χ2v) is 14.7. The van der Waals surface area contributed by atoms with E-state index in [0.29, 0.717) is 42.9 Å². The highest BCUT2D eigenvalue weighted by molar-refractivity contribution is 7.92. The van der Waals surface area contributed by atoms with Crippen molar-refractivity contribution in [3.63, 3.8) is 0 Å². The van der Waals surface area contributed by atoms with Gasteiger partial charge in [0.1, 0.15) is 6.10 Å². The van der Waals surface area contributed by atoms with E-state index in [2.05, 4.69) is 40.4 Å². The molecule has 2 fully saturated rings. The smallest absolute Gasteiger partial charge is 0.264 e. The predicted octanol–water partition coefficient (Wildman–Crippen LogP) is 5.33. The molecule has 3 heterocycles. The zero-order chi connectivity index (χ0) is 29.8. The van der Waals surface area contributed by atoms with E-state index in [-0.39, 0.29) is 46.6 Å². The lowest BCUT2D eigenvalue weighted by Crippen LogP contribution is -2.51. The van der Waals surface area contributed by atoms with Crippen LogP contribution in [0, 0.1) is 25.2 Å². The van der Waals surface area contributed by atoms with E-state index in [9.17, 15) is 13.2 Å². The summed E-state index contributed by atoms with van der Waals surface area (Å²) in [7, 11) is -4.07. The highest BCUT2D eigenvalue weighted by Gasteiger charge is 2.42. The number of nitrogens with one attached hydrogen (secondary N) is 1. The minimum atomic E-state index is -4.07. The summed E-state index contributed by atoms with van der Waals surface area (Å²) < 4.78 is 36.0. The van der Waals surface area contributed by atoms with Crippen molar-refractivity contribution in [1.82, 2.24) is 19.8 Å². The largest absolute Gasteiger partial charge is 0.471 e. The molecule has 6 rings (SSSR count). The first-order chi connectivity index (χ1) is 19.9. The van der Waals surface area contributed by atoms with Crippen LogP contribution < -0.4 is 9.46 Å². The molecule has 1 aromatic heterocycles. The molecule has 1 aliphatic carbocycles. The lowest BCUT2D eigenvalue weighted by Gasteiger charge is -2.48. The van der Waals surface area contributed by atoms with E-state index in [4.69, 9.17) is 4.74 Å². The monoisotopic (exact) mass is 625 g/mol. The summed E-state index contributed by atoms with van der Waals surface area (Å²) in [6.07, 6.45) is 1.89. The number of nitrogens with zero attached hydrogens (tertiary/aromatic N) is 4. The van der Waals surface area contributed by atoms with Crippen molar-refractivity contribution in [2.45, 2.75) is 64.5 Å². The number of aromatic nitrogens is 2. The molecule has 1 saturated heterocycles. The molecular weight excluding hydrogens is 586 g/mol. The Labute approximate surface area is 260 Å². The minimum Gasteiger partial charge on any atom is -0.471 e. The number of ether oxygens (including phenoxy) is 1. The van der Waals surface area contributed by atoms with Gasteiger partial charge in [0.05, 0.1) is 17.1 Å². The average Bonchev–Trinajstić information content (AvgIpc) is 3.08. The number of benzene rings is 2. The first kappa shape index (κ1) is 31.2. The number of fused-ring (bicyclic) bond motifs is 6. The summed E-state index contributed by atoms with van der Waals surface area (Å²) in [5.74, 6) is 0.653. The Kier molecular flexibility index (Phi) is 8.50. The van der Waals surface area contributed by atoms with Gasteiger partial charge in [0.15, 0.2) is 0 Å². The third kappa shape index (κ3) is 6.37. The van der Waals surface area contributed by atoms with Crippen LogP contribution in [0.1, 0.15) is 55.1 Å². The van der Waals surface area contributed by atoms with E-state index in [0.717, 1.165) is 36.1 Å². The third-order valence-electron chi connectivity index (χ3n) is 9.01. The summed E-state index contributed by atoms with van der Waals surface area (Å²) in [5, 5.41) is 0. The standard InChI is InChI=1S/C32H39N5O4S.ClH/c1-20-8-6-9-21(2)29(20)27-17-28-34-31(33-27)35-42(39,40)26-11-7-10-22(14-26)30(38)37-13-12-36(18-25(19-37)41-28)24-15-23(16-24)32(3,4)5;/h6-11,14,17,23-25H,12-13,15-16,18-19H2,1-5H3,(H,33,34,35);1H/t23?,24?,25-;/m1./s1. The zero-order valence-electron chi connectivity index (χ0n) is 25.3. The number of amides is 1. The van der Waals surface area contributed by atoms with Gasteiger partial charge in [0.25, 0.3) is 15.9 Å². The van der Waals surface area contributed by atoms with Gasteiger partial charge >= 0.3 is 0 Å². The molecule has 0 spiro atoms. The molecule has 6 bridgehead atoms. The Hall–Kier alpha value is -3.21. The van der Waals surface area contributed by atoms with E-state index in [1.165, 1.54) is 12.1 Å². The second-order valence-electron chi connectivity index (χ2n) is 13.0. The quantitative estimate of drug-likeness (QED) is 0.411. The molecule has 0 radical (unpaired) electrons. The van der Waals surface area contributed by atoms with Crippen LogP contribution in [0.15, 0.2) is 53.4 Å². The fraction of sp³-hybridized carbons (Fsp3) is 0.469. The Balaban J connectivity index is 0.00000368. The minimum absolute atomic E-state index is 0. The summed E-state index contributed by atoms with van der Waals surface area (Å²) in [5.41, 5.74) is 4.09. The first-order valence-electron chi connectivity index (χ1n) is 14.7. The maximum absolute atomic E-state index is 13.7. The lowest BCUT2D eigenvalue weighted by atomic mass is 9.65. The van der Waals surface area contributed by atoms with Crippen LogP contribution in [0.25, 0.3) is 11.3 Å². The highest BCUT2D eigenvalue weighted by atomic mass is 35.5. The van der Waals surface area contributed by atoms with Crippen molar-refractivity contribution >= 4 is 34.3 Å². The summed E-state index contributed by atoms with van der Waals surface area (Å²) in [6.45, 7) is 13.2. The molecule has 9 nitrogen and oxygen atoms in total. The van der Waals surface area contributed by atoms with E-state index < -0.39 is 10.0 Å². The Morgan fingerprint density at radius 1 is 0.953 bits per heavy atom. The summed E-state index contributed by atoms with van der Waals surface area (Å²) in [4.78, 5) is 27.1. The number of carbonyl (C=O) groups is 1. The number of rotatable bonds is 2. The van der Waals surface area contributed by atoms with Crippen LogP contribution in [0.4, 0.5) is 5.95 Å². The van der Waals surface area contributed by atoms with Gasteiger partial charge in [0.2, 0.25) is 11.8 Å². The molecule has 3 aliphatic rings. The number of halogens is 1. The zero-order valence-corrected chi connectivity index (χ0v) is 27.0. The van der Waals surface area contributed by atoms with Crippen LogP contribution in [0.5, 0.6) is 5.88 Å². The molecule has 3 aromatic rings. The van der Waals surface area contributed by atoms with Gasteiger partial charge in [-0.05, 0) is 67.3 Å². The van der Waals surface area contributed by atoms with Crippen molar-refractivity contribution in [3.05, 3.63) is 65.2 Å². The normalized spacial score (nSPS) is 23.6. The molecule has 1 N–H and O–H groups in total. The number of carbonyl (C=O) groups excluding carboxylic acids is 1. The molecule has 1 saturated carbocycles. The molecule has 0 unspecified atom stereocenters. The van der Waals surface area contributed by atoms with Crippen molar-refractivity contribution in [3.8, 4) is 17.1 Å². The van der Waals surface area contributed by atoms with Gasteiger partial charge in [-0.25, -0.2) is 18.1 Å². The number of hydrogen-bond acceptors (Lipinski definition) is 7. The Bertz CT molecular complexity index is 1610. The molecule has 2 aliphatic heterocycles. The predicted molar refractivity (Wildman–Crippen MR) is 169 cm³/mol. The Morgan fingerprint density at radius 2 is 1.65 bits per heavy atom. The summed E-state index contributed by atoms with van der Waals surface area (Å²) >= 11 is 0. The molecule has 1 amide bonds. The van der Waals surface area contributed by atoms with Crippen molar-refractivity contribution in [2.75, 3.05) is 30.9 Å². The second kappa shape index (κ2) is 11.7. The SMILES string of the molecule is Cc1cccc(C)c1-c1cc2nc(n1)NS(=O)(=O)c1cccc(c1)C(=O)N1CCN(C3CC(C(C)(C)C)C3)C[C@H](C1)O2.Cl. The van der Waals surface area contributed by atoms with Crippen molar-refractivity contribution < 1.29 is 17.9 Å². The van der Waals surface area contributed by atoms with E-state index in [1.54, 1.807) is 23.1 Å². The number of hydrogen-bond donors (Lipinski definition) is 1. The van der Waals surface area contributed by atoms with Gasteiger partial charge in [-0.2, -0.15) is 4.98 Å². The van der Waals surface area contributed by atoms with Crippen molar-refractivity contribution in [1.29, 1.82) is 0 Å². The fourth-order valence-electron chi connectivity index (χ4n) is 6.39. The fourth-order valence-corrected chi connectivity index (χ4v) is 7.38. The molecular formula is C32H40ClN5O4S. The van der Waals surface area contributed by atoms with Crippen LogP contribution >= 0.6 is 12.4 Å². The van der Waals surface area contributed by atoms with Gasteiger partial charge < -0.3 is 9.64 Å². The van der Waals surface area contributed by atoms with Crippen LogP contribution in [-0.4, -0.2) is 72.4 Å². The Morgan fingerprint density at radius 3 is 2.35 bits per heavy atom. The summed E-state index contributed by atoms with van der Waals surface area (Å²) in [6, 6.07) is 14.4. The van der Waals surface area contributed by atoms with E-state index >= 15 is 0 Å². The average molecular weight is 626 g/mol. The lowest BCUT2D eigenvalue weighted by molar-refractivity contribution is 0.00935. The third-order valence-corrected chi connectivity index (χ3v) is 10.3. The highest BCUT2D eigenvalue weighted by Crippen LogP contribution is 2.44.